The predicted molar refractivity (Wildman–Crippen MR) is 75.2 cm³/mol. The van der Waals surface area contributed by atoms with Crippen LogP contribution in [0.5, 0.6) is 0 Å². The Labute approximate surface area is 117 Å². The van der Waals surface area contributed by atoms with Crippen LogP contribution in [0.4, 0.5) is 0 Å². The molecule has 0 aliphatic heterocycles. The number of halogens is 1. The van der Waals surface area contributed by atoms with Crippen LogP contribution in [0.25, 0.3) is 0 Å². The fourth-order valence-corrected chi connectivity index (χ4v) is 2.91. The quantitative estimate of drug-likeness (QED) is 0.564. The van der Waals surface area contributed by atoms with Gasteiger partial charge in [-0.1, -0.05) is 28.1 Å². The van der Waals surface area contributed by atoms with Crippen LogP contribution in [-0.2, 0) is 15.4 Å². The molecule has 18 heavy (non-hydrogen) atoms. The van der Waals surface area contributed by atoms with Gasteiger partial charge in [-0.25, -0.2) is 13.1 Å². The van der Waals surface area contributed by atoms with Crippen molar-refractivity contribution in [1.82, 2.24) is 4.72 Å². The van der Waals surface area contributed by atoms with Crippen molar-refractivity contribution in [2.75, 3.05) is 13.2 Å². The molecule has 102 valence electrons. The number of alkyl halides is 1. The predicted octanol–water partition coefficient (Wildman–Crippen LogP) is 2.02. The summed E-state index contributed by atoms with van der Waals surface area (Å²) in [6.07, 6.45) is 2.27. The number of rotatable bonds is 8. The van der Waals surface area contributed by atoms with Gasteiger partial charge in [0.2, 0.25) is 10.0 Å². The van der Waals surface area contributed by atoms with Crippen LogP contribution in [0, 0.1) is 0 Å². The number of nitrogens with one attached hydrogen (secondary N) is 1. The van der Waals surface area contributed by atoms with Gasteiger partial charge < -0.3 is 5.11 Å². The van der Waals surface area contributed by atoms with Crippen LogP contribution in [0.3, 0.4) is 0 Å². The smallest absolute Gasteiger partial charge is 0.240 e. The standard InChI is InChI=1S/C12H18BrNO3S/c13-10-11-4-6-12(7-5-11)18(16,17)14-8-2-1-3-9-15/h4-7,14-15H,1-3,8-10H2. The van der Waals surface area contributed by atoms with Crippen molar-refractivity contribution in [3.63, 3.8) is 0 Å². The second kappa shape index (κ2) is 7.89. The fraction of sp³-hybridized carbons (Fsp3) is 0.500. The molecular formula is C12H18BrNO3S. The lowest BCUT2D eigenvalue weighted by Crippen LogP contribution is -2.24. The fourth-order valence-electron chi connectivity index (χ4n) is 1.46. The molecule has 6 heteroatoms. The summed E-state index contributed by atoms with van der Waals surface area (Å²) in [5.74, 6) is 0. The van der Waals surface area contributed by atoms with Gasteiger partial charge in [-0.15, -0.1) is 0 Å². The molecule has 1 aromatic carbocycles. The lowest BCUT2D eigenvalue weighted by molar-refractivity contribution is 0.283. The molecule has 0 radical (unpaired) electrons. The molecule has 0 unspecified atom stereocenters. The van der Waals surface area contributed by atoms with Crippen molar-refractivity contribution in [3.8, 4) is 0 Å². The van der Waals surface area contributed by atoms with Gasteiger partial charge in [0.05, 0.1) is 4.90 Å². The molecule has 1 rings (SSSR count). The van der Waals surface area contributed by atoms with E-state index in [-0.39, 0.29) is 11.5 Å². The molecule has 0 aliphatic carbocycles. The molecule has 0 saturated heterocycles. The minimum atomic E-state index is -3.40. The van der Waals surface area contributed by atoms with Gasteiger partial charge in [-0.05, 0) is 37.0 Å². The van der Waals surface area contributed by atoms with Crippen molar-refractivity contribution in [1.29, 1.82) is 0 Å². The summed E-state index contributed by atoms with van der Waals surface area (Å²) in [6.45, 7) is 0.559. The second-order valence-electron chi connectivity index (χ2n) is 3.96. The first kappa shape index (κ1) is 15.6. The number of sulfonamides is 1. The molecule has 0 bridgehead atoms. The number of unbranched alkanes of at least 4 members (excludes halogenated alkanes) is 2. The van der Waals surface area contributed by atoms with E-state index in [1.807, 2.05) is 0 Å². The monoisotopic (exact) mass is 335 g/mol. The third-order valence-corrected chi connectivity index (χ3v) is 4.64. The largest absolute Gasteiger partial charge is 0.396 e. The molecule has 0 saturated carbocycles. The summed E-state index contributed by atoms with van der Waals surface area (Å²) in [5, 5.41) is 9.32. The van der Waals surface area contributed by atoms with E-state index in [9.17, 15) is 8.42 Å². The Balaban J connectivity index is 2.51. The minimum absolute atomic E-state index is 0.154. The highest BCUT2D eigenvalue weighted by Crippen LogP contribution is 2.12. The first-order valence-electron chi connectivity index (χ1n) is 5.85. The Morgan fingerprint density at radius 1 is 1.11 bits per heavy atom. The first-order valence-corrected chi connectivity index (χ1v) is 8.46. The lowest BCUT2D eigenvalue weighted by atomic mass is 10.2. The average Bonchev–Trinajstić information content (AvgIpc) is 2.38. The van der Waals surface area contributed by atoms with Gasteiger partial charge in [0.25, 0.3) is 0 Å². The van der Waals surface area contributed by atoms with Gasteiger partial charge in [-0.3, -0.25) is 0 Å². The van der Waals surface area contributed by atoms with Gasteiger partial charge >= 0.3 is 0 Å². The second-order valence-corrected chi connectivity index (χ2v) is 6.29. The van der Waals surface area contributed by atoms with Crippen molar-refractivity contribution in [2.24, 2.45) is 0 Å². The van der Waals surface area contributed by atoms with Crippen LogP contribution >= 0.6 is 15.9 Å². The maximum atomic E-state index is 11.9. The van der Waals surface area contributed by atoms with Gasteiger partial charge in [0.1, 0.15) is 0 Å². The zero-order valence-corrected chi connectivity index (χ0v) is 12.5. The number of aliphatic hydroxyl groups excluding tert-OH is 1. The summed E-state index contributed by atoms with van der Waals surface area (Å²) in [7, 11) is -3.40. The molecular weight excluding hydrogens is 318 g/mol. The molecule has 0 fully saturated rings. The van der Waals surface area contributed by atoms with Gasteiger partial charge in [0, 0.05) is 18.5 Å². The van der Waals surface area contributed by atoms with Crippen molar-refractivity contribution in [2.45, 2.75) is 29.5 Å². The summed E-state index contributed by atoms with van der Waals surface area (Å²) in [5.41, 5.74) is 1.04. The molecule has 2 N–H and O–H groups in total. The van der Waals surface area contributed by atoms with E-state index in [1.54, 1.807) is 24.3 Å². The summed E-state index contributed by atoms with van der Waals surface area (Å²) in [6, 6.07) is 6.78. The van der Waals surface area contributed by atoms with Crippen LogP contribution in [0.1, 0.15) is 24.8 Å². The molecule has 1 aromatic rings. The highest BCUT2D eigenvalue weighted by molar-refractivity contribution is 9.08. The molecule has 0 spiro atoms. The summed E-state index contributed by atoms with van der Waals surface area (Å²) < 4.78 is 26.3. The van der Waals surface area contributed by atoms with E-state index < -0.39 is 10.0 Å². The normalized spacial score (nSPS) is 11.7. The number of hydrogen-bond donors (Lipinski definition) is 2. The highest BCUT2D eigenvalue weighted by atomic mass is 79.9. The van der Waals surface area contributed by atoms with E-state index in [0.29, 0.717) is 18.3 Å². The van der Waals surface area contributed by atoms with E-state index in [0.717, 1.165) is 18.4 Å². The number of benzene rings is 1. The minimum Gasteiger partial charge on any atom is -0.396 e. The van der Waals surface area contributed by atoms with E-state index in [4.69, 9.17) is 5.11 Å². The average molecular weight is 336 g/mol. The Morgan fingerprint density at radius 3 is 2.33 bits per heavy atom. The SMILES string of the molecule is O=S(=O)(NCCCCCO)c1ccc(CBr)cc1. The van der Waals surface area contributed by atoms with E-state index in [1.165, 1.54) is 0 Å². The summed E-state index contributed by atoms with van der Waals surface area (Å²) in [4.78, 5) is 0.286. The van der Waals surface area contributed by atoms with Crippen LogP contribution in [-0.4, -0.2) is 26.7 Å². The van der Waals surface area contributed by atoms with E-state index in [2.05, 4.69) is 20.7 Å². The maximum absolute atomic E-state index is 11.9. The van der Waals surface area contributed by atoms with Crippen molar-refractivity contribution >= 4 is 26.0 Å². The third kappa shape index (κ3) is 5.06. The molecule has 0 atom stereocenters. The Bertz CT molecular complexity index is 445. The van der Waals surface area contributed by atoms with Crippen LogP contribution in [0.2, 0.25) is 0 Å². The Hall–Kier alpha value is -0.430. The molecule has 0 aliphatic rings. The molecule has 0 amide bonds. The number of aliphatic hydroxyl groups is 1. The topological polar surface area (TPSA) is 66.4 Å². The molecule has 4 nitrogen and oxygen atoms in total. The van der Waals surface area contributed by atoms with Gasteiger partial charge in [0.15, 0.2) is 0 Å². The van der Waals surface area contributed by atoms with Gasteiger partial charge in [-0.2, -0.15) is 0 Å². The zero-order chi connectivity index (χ0) is 13.4. The third-order valence-electron chi connectivity index (χ3n) is 2.51. The first-order chi connectivity index (χ1) is 8.60. The summed E-state index contributed by atoms with van der Waals surface area (Å²) >= 11 is 3.31. The number of hydrogen-bond acceptors (Lipinski definition) is 3. The molecule has 0 heterocycles. The highest BCUT2D eigenvalue weighted by Gasteiger charge is 2.12. The maximum Gasteiger partial charge on any atom is 0.240 e. The van der Waals surface area contributed by atoms with Crippen molar-refractivity contribution in [3.05, 3.63) is 29.8 Å². The zero-order valence-electron chi connectivity index (χ0n) is 10.1. The van der Waals surface area contributed by atoms with Crippen LogP contribution in [0.15, 0.2) is 29.2 Å². The van der Waals surface area contributed by atoms with Crippen LogP contribution < -0.4 is 4.72 Å². The lowest BCUT2D eigenvalue weighted by Gasteiger charge is -2.07. The molecule has 0 aromatic heterocycles. The van der Waals surface area contributed by atoms with E-state index >= 15 is 0 Å². The Morgan fingerprint density at radius 2 is 1.78 bits per heavy atom. The Kier molecular flexibility index (Phi) is 6.85. The van der Waals surface area contributed by atoms with Crippen molar-refractivity contribution < 1.29 is 13.5 Å².